The molecule has 0 atom stereocenters. The molecular formula is C10H11N5O3S. The first-order valence-corrected chi connectivity index (χ1v) is 6.59. The molecule has 6 N–H and O–H groups in total. The van der Waals surface area contributed by atoms with E-state index in [1.807, 2.05) is 0 Å². The van der Waals surface area contributed by atoms with Crippen LogP contribution in [0.15, 0.2) is 35.5 Å². The Bertz CT molecular complexity index is 709. The van der Waals surface area contributed by atoms with Crippen molar-refractivity contribution < 1.29 is 13.2 Å². The summed E-state index contributed by atoms with van der Waals surface area (Å²) < 4.78 is 26.4. The van der Waals surface area contributed by atoms with Gasteiger partial charge >= 0.3 is 0 Å². The van der Waals surface area contributed by atoms with Gasteiger partial charge in [-0.1, -0.05) is 0 Å². The maximum absolute atomic E-state index is 12.1. The Hall–Kier alpha value is -2.55. The number of H-pyrrole nitrogens is 1. The van der Waals surface area contributed by atoms with Crippen LogP contribution in [-0.2, 0) is 10.0 Å². The Balaban J connectivity index is 2.38. The summed E-state index contributed by atoms with van der Waals surface area (Å²) in [5, 5.41) is 6.09. The maximum atomic E-state index is 12.1. The minimum Gasteiger partial charge on any atom is -0.398 e. The van der Waals surface area contributed by atoms with Gasteiger partial charge in [0.15, 0.2) is 0 Å². The van der Waals surface area contributed by atoms with Crippen molar-refractivity contribution in [2.24, 2.45) is 5.73 Å². The summed E-state index contributed by atoms with van der Waals surface area (Å²) in [7, 11) is -3.84. The zero-order valence-corrected chi connectivity index (χ0v) is 10.4. The highest BCUT2D eigenvalue weighted by Gasteiger charge is 2.19. The number of hydrogen-bond donors (Lipinski definition) is 4. The van der Waals surface area contributed by atoms with Crippen molar-refractivity contribution >= 4 is 27.3 Å². The Kier molecular flexibility index (Phi) is 3.13. The van der Waals surface area contributed by atoms with E-state index in [2.05, 4.69) is 14.9 Å². The highest BCUT2D eigenvalue weighted by atomic mass is 32.2. The quantitative estimate of drug-likeness (QED) is 0.578. The average molecular weight is 281 g/mol. The van der Waals surface area contributed by atoms with Gasteiger partial charge in [0.1, 0.15) is 4.90 Å². The largest absolute Gasteiger partial charge is 0.398 e. The van der Waals surface area contributed by atoms with Gasteiger partial charge < -0.3 is 11.5 Å². The van der Waals surface area contributed by atoms with Gasteiger partial charge in [-0.25, -0.2) is 8.42 Å². The molecule has 0 saturated carbocycles. The lowest BCUT2D eigenvalue weighted by atomic mass is 10.2. The topological polar surface area (TPSA) is 144 Å². The van der Waals surface area contributed by atoms with E-state index in [4.69, 9.17) is 11.5 Å². The molecule has 0 fully saturated rings. The number of nitrogen functional groups attached to an aromatic ring is 1. The molecule has 1 heterocycles. The lowest BCUT2D eigenvalue weighted by Gasteiger charge is -2.09. The monoisotopic (exact) mass is 281 g/mol. The molecule has 1 aromatic carbocycles. The fourth-order valence-corrected chi connectivity index (χ4v) is 2.61. The summed E-state index contributed by atoms with van der Waals surface area (Å²) in [6, 6.07) is 3.73. The highest BCUT2D eigenvalue weighted by molar-refractivity contribution is 7.92. The van der Waals surface area contributed by atoms with E-state index in [1.165, 1.54) is 30.6 Å². The van der Waals surface area contributed by atoms with E-state index < -0.39 is 15.9 Å². The van der Waals surface area contributed by atoms with Crippen molar-refractivity contribution in [1.82, 2.24) is 10.2 Å². The summed E-state index contributed by atoms with van der Waals surface area (Å²) in [6.07, 6.45) is 2.69. The van der Waals surface area contributed by atoms with Gasteiger partial charge in [0.2, 0.25) is 5.91 Å². The SMILES string of the molecule is NC(=O)c1ccc(S(=O)(=O)Nc2cn[nH]c2)c(N)c1. The number of rotatable bonds is 4. The number of nitrogens with two attached hydrogens (primary N) is 2. The third kappa shape index (κ3) is 2.65. The molecule has 0 spiro atoms. The summed E-state index contributed by atoms with van der Waals surface area (Å²) in [4.78, 5) is 10.8. The molecule has 1 amide bonds. The van der Waals surface area contributed by atoms with Gasteiger partial charge in [0, 0.05) is 11.8 Å². The Morgan fingerprint density at radius 2 is 2.11 bits per heavy atom. The molecule has 19 heavy (non-hydrogen) atoms. The van der Waals surface area contributed by atoms with Crippen molar-refractivity contribution in [3.05, 3.63) is 36.2 Å². The second-order valence-electron chi connectivity index (χ2n) is 3.71. The van der Waals surface area contributed by atoms with Crippen LogP contribution >= 0.6 is 0 Å². The highest BCUT2D eigenvalue weighted by Crippen LogP contribution is 2.22. The van der Waals surface area contributed by atoms with Crippen molar-refractivity contribution in [3.8, 4) is 0 Å². The molecule has 0 bridgehead atoms. The zero-order chi connectivity index (χ0) is 14.0. The van der Waals surface area contributed by atoms with E-state index in [-0.39, 0.29) is 21.8 Å². The van der Waals surface area contributed by atoms with Crippen molar-refractivity contribution in [1.29, 1.82) is 0 Å². The van der Waals surface area contributed by atoms with Crippen LogP contribution in [0.4, 0.5) is 11.4 Å². The molecule has 2 aromatic rings. The van der Waals surface area contributed by atoms with Crippen LogP contribution in [0.3, 0.4) is 0 Å². The van der Waals surface area contributed by atoms with Crippen molar-refractivity contribution in [3.63, 3.8) is 0 Å². The number of nitrogens with one attached hydrogen (secondary N) is 2. The van der Waals surface area contributed by atoms with Crippen LogP contribution in [0.1, 0.15) is 10.4 Å². The first kappa shape index (κ1) is 12.9. The Morgan fingerprint density at radius 3 is 2.63 bits per heavy atom. The molecule has 8 nitrogen and oxygen atoms in total. The number of benzene rings is 1. The molecule has 0 saturated heterocycles. The molecule has 1 aromatic heterocycles. The summed E-state index contributed by atoms with van der Waals surface area (Å²) >= 11 is 0. The number of anilines is 2. The fraction of sp³-hybridized carbons (Fsp3) is 0. The first-order chi connectivity index (χ1) is 8.90. The minimum atomic E-state index is -3.84. The van der Waals surface area contributed by atoms with Crippen LogP contribution in [0.5, 0.6) is 0 Å². The van der Waals surface area contributed by atoms with Gasteiger partial charge in [0.05, 0.1) is 17.6 Å². The number of sulfonamides is 1. The normalized spacial score (nSPS) is 11.2. The van der Waals surface area contributed by atoms with E-state index in [0.717, 1.165) is 0 Å². The van der Waals surface area contributed by atoms with Crippen LogP contribution in [0, 0.1) is 0 Å². The van der Waals surface area contributed by atoms with E-state index >= 15 is 0 Å². The van der Waals surface area contributed by atoms with Crippen molar-refractivity contribution in [2.45, 2.75) is 4.90 Å². The second-order valence-corrected chi connectivity index (χ2v) is 5.36. The standard InChI is InChI=1S/C10H11N5O3S/c11-8-3-6(10(12)16)1-2-9(8)19(17,18)15-7-4-13-14-5-7/h1-5,15H,11H2,(H2,12,16)(H,13,14). The third-order valence-electron chi connectivity index (χ3n) is 2.33. The predicted molar refractivity (Wildman–Crippen MR) is 68.8 cm³/mol. The van der Waals surface area contributed by atoms with Crippen LogP contribution in [0.25, 0.3) is 0 Å². The summed E-state index contributed by atoms with van der Waals surface area (Å²) in [6.45, 7) is 0. The fourth-order valence-electron chi connectivity index (χ4n) is 1.46. The van der Waals surface area contributed by atoms with Crippen LogP contribution in [-0.4, -0.2) is 24.5 Å². The molecule has 0 aliphatic carbocycles. The molecule has 100 valence electrons. The molecule has 0 aliphatic rings. The van der Waals surface area contributed by atoms with Crippen LogP contribution in [0.2, 0.25) is 0 Å². The summed E-state index contributed by atoms with van der Waals surface area (Å²) in [5.74, 6) is -0.682. The first-order valence-electron chi connectivity index (χ1n) is 5.11. The molecule has 0 aliphatic heterocycles. The summed E-state index contributed by atoms with van der Waals surface area (Å²) in [5.41, 5.74) is 11.1. The van der Waals surface area contributed by atoms with E-state index in [1.54, 1.807) is 0 Å². The number of primary amides is 1. The van der Waals surface area contributed by atoms with E-state index in [0.29, 0.717) is 0 Å². The average Bonchev–Trinajstić information content (AvgIpc) is 2.80. The van der Waals surface area contributed by atoms with Crippen molar-refractivity contribution in [2.75, 3.05) is 10.5 Å². The number of amides is 1. The Labute approximate surface area is 108 Å². The number of nitrogens with zero attached hydrogens (tertiary/aromatic N) is 1. The Morgan fingerprint density at radius 1 is 1.37 bits per heavy atom. The number of hydrogen-bond acceptors (Lipinski definition) is 5. The number of aromatic amines is 1. The third-order valence-corrected chi connectivity index (χ3v) is 3.79. The number of carbonyl (C=O) groups is 1. The lowest BCUT2D eigenvalue weighted by Crippen LogP contribution is -2.16. The van der Waals surface area contributed by atoms with Crippen LogP contribution < -0.4 is 16.2 Å². The van der Waals surface area contributed by atoms with Gasteiger partial charge in [0.25, 0.3) is 10.0 Å². The molecular weight excluding hydrogens is 270 g/mol. The zero-order valence-electron chi connectivity index (χ0n) is 9.62. The maximum Gasteiger partial charge on any atom is 0.264 e. The molecule has 9 heteroatoms. The van der Waals surface area contributed by atoms with Gasteiger partial charge in [-0.15, -0.1) is 0 Å². The smallest absolute Gasteiger partial charge is 0.264 e. The minimum absolute atomic E-state index is 0.0627. The molecule has 0 radical (unpaired) electrons. The lowest BCUT2D eigenvalue weighted by molar-refractivity contribution is 0.1000. The van der Waals surface area contributed by atoms with Gasteiger partial charge in [-0.05, 0) is 18.2 Å². The molecule has 0 unspecified atom stereocenters. The predicted octanol–water partition coefficient (Wildman–Crippen LogP) is -0.108. The van der Waals surface area contributed by atoms with Gasteiger partial charge in [-0.2, -0.15) is 5.10 Å². The number of aromatic nitrogens is 2. The van der Waals surface area contributed by atoms with E-state index in [9.17, 15) is 13.2 Å². The molecule has 2 rings (SSSR count). The number of carbonyl (C=O) groups excluding carboxylic acids is 1. The second kappa shape index (κ2) is 4.61. The van der Waals surface area contributed by atoms with Gasteiger partial charge in [-0.3, -0.25) is 14.6 Å².